The highest BCUT2D eigenvalue weighted by Crippen LogP contribution is 2.43. The minimum Gasteiger partial charge on any atom is -0.481 e. The third-order valence-corrected chi connectivity index (χ3v) is 4.76. The van der Waals surface area contributed by atoms with E-state index in [2.05, 4.69) is 30.9 Å². The molecule has 1 heterocycles. The van der Waals surface area contributed by atoms with Crippen molar-refractivity contribution in [3.8, 4) is 0 Å². The first-order chi connectivity index (χ1) is 9.99. The number of hydrogen-bond donors (Lipinski definition) is 1. The molecule has 2 atom stereocenters. The van der Waals surface area contributed by atoms with Crippen molar-refractivity contribution in [3.05, 3.63) is 35.9 Å². The van der Waals surface area contributed by atoms with Gasteiger partial charge in [-0.1, -0.05) is 44.2 Å². The molecule has 1 aromatic carbocycles. The van der Waals surface area contributed by atoms with Gasteiger partial charge >= 0.3 is 5.97 Å². The SMILES string of the molecule is COCC1(C(C)C)CN(Cc2ccccc2)CC1C(=O)O. The van der Waals surface area contributed by atoms with Crippen LogP contribution in [0.3, 0.4) is 0 Å². The molecule has 116 valence electrons. The van der Waals surface area contributed by atoms with Crippen LogP contribution in [0.4, 0.5) is 0 Å². The summed E-state index contributed by atoms with van der Waals surface area (Å²) >= 11 is 0. The Hall–Kier alpha value is -1.39. The molecule has 0 spiro atoms. The van der Waals surface area contributed by atoms with E-state index in [1.54, 1.807) is 7.11 Å². The molecule has 1 aliphatic heterocycles. The van der Waals surface area contributed by atoms with Crippen LogP contribution < -0.4 is 0 Å². The molecular formula is C17H25NO3. The predicted octanol–water partition coefficient (Wildman–Crippen LogP) is 2.49. The maximum Gasteiger partial charge on any atom is 0.308 e. The van der Waals surface area contributed by atoms with E-state index in [-0.39, 0.29) is 17.3 Å². The molecule has 1 saturated heterocycles. The van der Waals surface area contributed by atoms with E-state index >= 15 is 0 Å². The molecule has 4 nitrogen and oxygen atoms in total. The topological polar surface area (TPSA) is 49.8 Å². The standard InChI is InChI=1S/C17H25NO3/c1-13(2)17(12-21-3)11-18(10-15(17)16(19)20)9-14-7-5-4-6-8-14/h4-8,13,15H,9-12H2,1-3H3,(H,19,20). The largest absolute Gasteiger partial charge is 0.481 e. The highest BCUT2D eigenvalue weighted by molar-refractivity contribution is 5.72. The second-order valence-corrected chi connectivity index (χ2v) is 6.37. The van der Waals surface area contributed by atoms with Gasteiger partial charge in [-0.2, -0.15) is 0 Å². The number of ether oxygens (including phenoxy) is 1. The lowest BCUT2D eigenvalue weighted by Crippen LogP contribution is -2.43. The van der Waals surface area contributed by atoms with E-state index < -0.39 is 5.97 Å². The lowest BCUT2D eigenvalue weighted by Gasteiger charge is -2.36. The number of hydrogen-bond acceptors (Lipinski definition) is 3. The highest BCUT2D eigenvalue weighted by Gasteiger charge is 2.52. The molecule has 1 aromatic rings. The van der Waals surface area contributed by atoms with Gasteiger partial charge in [-0.15, -0.1) is 0 Å². The smallest absolute Gasteiger partial charge is 0.308 e. The number of carboxylic acids is 1. The molecular weight excluding hydrogens is 266 g/mol. The van der Waals surface area contributed by atoms with E-state index in [0.29, 0.717) is 13.2 Å². The summed E-state index contributed by atoms with van der Waals surface area (Å²) in [5, 5.41) is 9.63. The average Bonchev–Trinajstić information content (AvgIpc) is 2.80. The zero-order valence-electron chi connectivity index (χ0n) is 13.1. The molecule has 1 fully saturated rings. The van der Waals surface area contributed by atoms with Crippen LogP contribution in [0.5, 0.6) is 0 Å². The van der Waals surface area contributed by atoms with Crippen molar-refractivity contribution in [3.63, 3.8) is 0 Å². The zero-order chi connectivity index (χ0) is 15.5. The third kappa shape index (κ3) is 3.27. The molecule has 2 rings (SSSR count). The Morgan fingerprint density at radius 1 is 1.43 bits per heavy atom. The van der Waals surface area contributed by atoms with Gasteiger partial charge in [0.05, 0.1) is 12.5 Å². The third-order valence-electron chi connectivity index (χ3n) is 4.76. The summed E-state index contributed by atoms with van der Waals surface area (Å²) in [7, 11) is 1.66. The van der Waals surface area contributed by atoms with Gasteiger partial charge in [0.1, 0.15) is 0 Å². The quantitative estimate of drug-likeness (QED) is 0.875. The summed E-state index contributed by atoms with van der Waals surface area (Å²) in [5.74, 6) is -0.822. The molecule has 0 aromatic heterocycles. The molecule has 1 aliphatic rings. The Balaban J connectivity index is 2.19. The highest BCUT2D eigenvalue weighted by atomic mass is 16.5. The van der Waals surface area contributed by atoms with Crippen LogP contribution in [0.1, 0.15) is 19.4 Å². The molecule has 0 radical (unpaired) electrons. The fourth-order valence-electron chi connectivity index (χ4n) is 3.48. The molecule has 0 saturated carbocycles. The van der Waals surface area contributed by atoms with E-state index in [9.17, 15) is 9.90 Å². The molecule has 0 amide bonds. The van der Waals surface area contributed by atoms with Crippen molar-refractivity contribution in [2.75, 3.05) is 26.8 Å². The number of aliphatic carboxylic acids is 1. The lowest BCUT2D eigenvalue weighted by molar-refractivity contribution is -0.147. The molecule has 0 bridgehead atoms. The summed E-state index contributed by atoms with van der Waals surface area (Å²) in [6.45, 7) is 6.84. The first-order valence-electron chi connectivity index (χ1n) is 7.47. The molecule has 1 N–H and O–H groups in total. The van der Waals surface area contributed by atoms with Crippen LogP contribution in [0, 0.1) is 17.3 Å². The summed E-state index contributed by atoms with van der Waals surface area (Å²) < 4.78 is 5.38. The number of likely N-dealkylation sites (tertiary alicyclic amines) is 1. The fourth-order valence-corrected chi connectivity index (χ4v) is 3.48. The van der Waals surface area contributed by atoms with E-state index in [1.807, 2.05) is 18.2 Å². The normalized spacial score (nSPS) is 26.4. The maximum atomic E-state index is 11.7. The van der Waals surface area contributed by atoms with Crippen LogP contribution in [0.15, 0.2) is 30.3 Å². The van der Waals surface area contributed by atoms with Gasteiger partial charge in [-0.25, -0.2) is 0 Å². The van der Waals surface area contributed by atoms with Crippen molar-refractivity contribution in [2.45, 2.75) is 20.4 Å². The number of carboxylic acid groups (broad SMARTS) is 1. The molecule has 21 heavy (non-hydrogen) atoms. The van der Waals surface area contributed by atoms with Crippen LogP contribution in [0.25, 0.3) is 0 Å². The zero-order valence-corrected chi connectivity index (χ0v) is 13.1. The van der Waals surface area contributed by atoms with Crippen LogP contribution in [-0.2, 0) is 16.1 Å². The van der Waals surface area contributed by atoms with Gasteiger partial charge in [0, 0.05) is 32.2 Å². The van der Waals surface area contributed by atoms with Crippen molar-refractivity contribution >= 4 is 5.97 Å². The maximum absolute atomic E-state index is 11.7. The Bertz CT molecular complexity index is 474. The Morgan fingerprint density at radius 2 is 2.10 bits per heavy atom. The Labute approximate surface area is 126 Å². The minimum atomic E-state index is -0.712. The number of rotatable bonds is 6. The van der Waals surface area contributed by atoms with Crippen molar-refractivity contribution in [1.29, 1.82) is 0 Å². The average molecular weight is 291 g/mol. The summed E-state index contributed by atoms with van der Waals surface area (Å²) in [6.07, 6.45) is 0. The van der Waals surface area contributed by atoms with Crippen LogP contribution in [0.2, 0.25) is 0 Å². The Morgan fingerprint density at radius 3 is 2.62 bits per heavy atom. The number of carbonyl (C=O) groups is 1. The van der Waals surface area contributed by atoms with Crippen LogP contribution in [-0.4, -0.2) is 42.8 Å². The number of methoxy groups -OCH3 is 1. The van der Waals surface area contributed by atoms with Gasteiger partial charge in [-0.05, 0) is 11.5 Å². The molecule has 4 heteroatoms. The van der Waals surface area contributed by atoms with Crippen LogP contribution >= 0.6 is 0 Å². The fraction of sp³-hybridized carbons (Fsp3) is 0.588. The lowest BCUT2D eigenvalue weighted by atomic mass is 9.70. The summed E-state index contributed by atoms with van der Waals surface area (Å²) in [4.78, 5) is 14.0. The van der Waals surface area contributed by atoms with Crippen molar-refractivity contribution in [2.24, 2.45) is 17.3 Å². The monoisotopic (exact) mass is 291 g/mol. The second kappa shape index (κ2) is 6.58. The summed E-state index contributed by atoms with van der Waals surface area (Å²) in [5.41, 5.74) is 0.911. The van der Waals surface area contributed by atoms with E-state index in [4.69, 9.17) is 4.74 Å². The minimum absolute atomic E-state index is 0.263. The van der Waals surface area contributed by atoms with Gasteiger partial charge in [0.2, 0.25) is 0 Å². The van der Waals surface area contributed by atoms with Gasteiger partial charge in [0.25, 0.3) is 0 Å². The van der Waals surface area contributed by atoms with E-state index in [1.165, 1.54) is 5.56 Å². The molecule has 0 aliphatic carbocycles. The van der Waals surface area contributed by atoms with Gasteiger partial charge < -0.3 is 9.84 Å². The van der Waals surface area contributed by atoms with Gasteiger partial charge in [-0.3, -0.25) is 9.69 Å². The van der Waals surface area contributed by atoms with E-state index in [0.717, 1.165) is 13.1 Å². The Kier molecular flexibility index (Phi) is 5.01. The first-order valence-corrected chi connectivity index (χ1v) is 7.47. The van der Waals surface area contributed by atoms with Crippen molar-refractivity contribution < 1.29 is 14.6 Å². The van der Waals surface area contributed by atoms with Crippen molar-refractivity contribution in [1.82, 2.24) is 4.90 Å². The second-order valence-electron chi connectivity index (χ2n) is 6.37. The summed E-state index contributed by atoms with van der Waals surface area (Å²) in [6, 6.07) is 10.2. The number of nitrogens with zero attached hydrogens (tertiary/aromatic N) is 1. The number of benzene rings is 1. The molecule has 2 unspecified atom stereocenters. The predicted molar refractivity (Wildman–Crippen MR) is 82.0 cm³/mol. The first kappa shape index (κ1) is 16.0. The van der Waals surface area contributed by atoms with Gasteiger partial charge in [0.15, 0.2) is 0 Å².